The summed E-state index contributed by atoms with van der Waals surface area (Å²) in [7, 11) is 0. The zero-order valence-corrected chi connectivity index (χ0v) is 9.35. The molecule has 2 aromatic rings. The number of nitrogens with zero attached hydrogens (tertiary/aromatic N) is 3. The van der Waals surface area contributed by atoms with E-state index in [9.17, 15) is 4.79 Å². The monoisotopic (exact) mass is 249 g/mol. The third-order valence-electron chi connectivity index (χ3n) is 1.83. The van der Waals surface area contributed by atoms with Gasteiger partial charge in [0.05, 0.1) is 6.21 Å². The van der Waals surface area contributed by atoms with Gasteiger partial charge in [0.25, 0.3) is 5.56 Å². The molecule has 0 aliphatic carbocycles. The Morgan fingerprint density at radius 2 is 2.12 bits per heavy atom. The van der Waals surface area contributed by atoms with Gasteiger partial charge in [-0.1, -0.05) is 23.7 Å². The predicted octanol–water partition coefficient (Wildman–Crippen LogP) is 1.26. The molecule has 0 saturated heterocycles. The summed E-state index contributed by atoms with van der Waals surface area (Å²) in [5.74, 6) is 0.183. The summed E-state index contributed by atoms with van der Waals surface area (Å²) in [4.78, 5) is 13.3. The fourth-order valence-electron chi connectivity index (χ4n) is 1.08. The molecule has 2 rings (SSSR count). The van der Waals surface area contributed by atoms with Crippen LogP contribution >= 0.6 is 11.6 Å². The van der Waals surface area contributed by atoms with Gasteiger partial charge in [-0.05, 0) is 17.7 Å². The van der Waals surface area contributed by atoms with Crippen LogP contribution in [-0.2, 0) is 0 Å². The molecule has 17 heavy (non-hydrogen) atoms. The third kappa shape index (κ3) is 3.39. The Labute approximate surface area is 101 Å². The van der Waals surface area contributed by atoms with Crippen molar-refractivity contribution in [2.45, 2.75) is 0 Å². The number of rotatable bonds is 3. The van der Waals surface area contributed by atoms with E-state index in [1.165, 1.54) is 0 Å². The highest BCUT2D eigenvalue weighted by Gasteiger charge is 1.92. The maximum Gasteiger partial charge on any atom is 0.271 e. The number of H-pyrrole nitrogens is 1. The average Bonchev–Trinajstić information content (AvgIpc) is 2.32. The molecule has 0 fully saturated rings. The van der Waals surface area contributed by atoms with Crippen molar-refractivity contribution >= 4 is 23.8 Å². The van der Waals surface area contributed by atoms with E-state index in [-0.39, 0.29) is 11.5 Å². The Morgan fingerprint density at radius 3 is 2.82 bits per heavy atom. The van der Waals surface area contributed by atoms with Crippen molar-refractivity contribution in [1.82, 2.24) is 15.2 Å². The molecule has 0 spiro atoms. The Bertz CT molecular complexity index is 578. The number of anilines is 1. The minimum Gasteiger partial charge on any atom is -0.289 e. The summed E-state index contributed by atoms with van der Waals surface area (Å²) in [6.45, 7) is 0. The molecule has 1 aromatic carbocycles. The van der Waals surface area contributed by atoms with Gasteiger partial charge in [-0.3, -0.25) is 9.78 Å². The maximum absolute atomic E-state index is 10.9. The molecule has 6 nitrogen and oxygen atoms in total. The van der Waals surface area contributed by atoms with Gasteiger partial charge in [0.2, 0.25) is 5.95 Å². The van der Waals surface area contributed by atoms with Gasteiger partial charge in [0.15, 0.2) is 0 Å². The fraction of sp³-hybridized carbons (Fsp3) is 0. The number of hydrazone groups is 1. The molecule has 86 valence electrons. The van der Waals surface area contributed by atoms with Crippen molar-refractivity contribution in [3.05, 3.63) is 51.4 Å². The lowest BCUT2D eigenvalue weighted by Crippen LogP contribution is -2.10. The van der Waals surface area contributed by atoms with Gasteiger partial charge in [-0.2, -0.15) is 5.10 Å². The molecule has 1 aromatic heterocycles. The lowest BCUT2D eigenvalue weighted by Gasteiger charge is -1.96. The molecule has 2 N–H and O–H groups in total. The number of aromatic nitrogens is 3. The molecule has 0 saturated carbocycles. The predicted molar refractivity (Wildman–Crippen MR) is 65.3 cm³/mol. The van der Waals surface area contributed by atoms with Gasteiger partial charge in [0.1, 0.15) is 6.20 Å². The van der Waals surface area contributed by atoms with Crippen LogP contribution < -0.4 is 11.0 Å². The van der Waals surface area contributed by atoms with Gasteiger partial charge in [0, 0.05) is 5.02 Å². The lowest BCUT2D eigenvalue weighted by molar-refractivity contribution is 0.939. The summed E-state index contributed by atoms with van der Waals surface area (Å²) < 4.78 is 0. The minimum atomic E-state index is -0.343. The summed E-state index contributed by atoms with van der Waals surface area (Å²) in [5.41, 5.74) is 3.08. The van der Waals surface area contributed by atoms with Gasteiger partial charge >= 0.3 is 0 Å². The molecule has 0 radical (unpaired) electrons. The van der Waals surface area contributed by atoms with E-state index in [1.807, 2.05) is 12.1 Å². The number of halogens is 1. The summed E-state index contributed by atoms with van der Waals surface area (Å²) in [6.07, 6.45) is 2.65. The van der Waals surface area contributed by atoms with E-state index in [2.05, 4.69) is 25.7 Å². The van der Waals surface area contributed by atoms with E-state index >= 15 is 0 Å². The number of benzene rings is 1. The van der Waals surface area contributed by atoms with Crippen LogP contribution in [0.25, 0.3) is 0 Å². The second-order valence-corrected chi connectivity index (χ2v) is 3.54. The Morgan fingerprint density at radius 1 is 1.35 bits per heavy atom. The molecule has 0 aliphatic heterocycles. The number of aromatic amines is 1. The van der Waals surface area contributed by atoms with E-state index in [0.29, 0.717) is 5.02 Å². The number of hydrogen-bond acceptors (Lipinski definition) is 5. The first-order valence-electron chi connectivity index (χ1n) is 4.71. The highest BCUT2D eigenvalue weighted by atomic mass is 35.5. The summed E-state index contributed by atoms with van der Waals surface area (Å²) in [6, 6.07) is 7.14. The van der Waals surface area contributed by atoms with Crippen molar-refractivity contribution in [1.29, 1.82) is 0 Å². The molecule has 0 aliphatic rings. The molecule has 1 heterocycles. The van der Waals surface area contributed by atoms with Crippen molar-refractivity contribution in [2.75, 3.05) is 5.43 Å². The summed E-state index contributed by atoms with van der Waals surface area (Å²) in [5, 5.41) is 11.7. The topological polar surface area (TPSA) is 83.0 Å². The molecular formula is C10H8ClN5O. The smallest absolute Gasteiger partial charge is 0.271 e. The summed E-state index contributed by atoms with van der Waals surface area (Å²) >= 11 is 5.74. The molecule has 0 amide bonds. The Balaban J connectivity index is 2.02. The lowest BCUT2D eigenvalue weighted by atomic mass is 10.2. The minimum absolute atomic E-state index is 0.183. The van der Waals surface area contributed by atoms with Gasteiger partial charge < -0.3 is 0 Å². The average molecular weight is 250 g/mol. The van der Waals surface area contributed by atoms with Gasteiger partial charge in [-0.25, -0.2) is 5.43 Å². The first-order chi connectivity index (χ1) is 8.24. The third-order valence-corrected chi connectivity index (χ3v) is 2.08. The van der Waals surface area contributed by atoms with E-state index in [4.69, 9.17) is 11.6 Å². The Hall–Kier alpha value is -2.21. The van der Waals surface area contributed by atoms with Crippen molar-refractivity contribution in [3.8, 4) is 0 Å². The zero-order chi connectivity index (χ0) is 12.1. The number of nitrogens with one attached hydrogen (secondary N) is 2. The highest BCUT2D eigenvalue weighted by molar-refractivity contribution is 6.30. The molecule has 0 bridgehead atoms. The zero-order valence-electron chi connectivity index (χ0n) is 8.59. The molecular weight excluding hydrogens is 242 g/mol. The van der Waals surface area contributed by atoms with Crippen LogP contribution in [0, 0.1) is 0 Å². The van der Waals surface area contributed by atoms with Crippen LogP contribution in [0.1, 0.15) is 5.56 Å². The SMILES string of the molecule is O=c1cnnc(N/N=C\c2ccc(Cl)cc2)[nH]1. The van der Waals surface area contributed by atoms with E-state index in [1.54, 1.807) is 18.3 Å². The van der Waals surface area contributed by atoms with Crippen LogP contribution in [0.3, 0.4) is 0 Å². The quantitative estimate of drug-likeness (QED) is 0.634. The second kappa shape index (κ2) is 5.22. The van der Waals surface area contributed by atoms with Crippen molar-refractivity contribution in [3.63, 3.8) is 0 Å². The first-order valence-corrected chi connectivity index (χ1v) is 5.08. The largest absolute Gasteiger partial charge is 0.289 e. The van der Waals surface area contributed by atoms with E-state index in [0.717, 1.165) is 11.8 Å². The molecule has 0 unspecified atom stereocenters. The second-order valence-electron chi connectivity index (χ2n) is 3.10. The van der Waals surface area contributed by atoms with Crippen LogP contribution in [0.2, 0.25) is 5.02 Å². The normalized spacial score (nSPS) is 10.6. The molecule has 7 heteroatoms. The van der Waals surface area contributed by atoms with Crippen molar-refractivity contribution in [2.24, 2.45) is 5.10 Å². The fourth-order valence-corrected chi connectivity index (χ4v) is 1.21. The Kier molecular flexibility index (Phi) is 3.46. The molecule has 0 atom stereocenters. The van der Waals surface area contributed by atoms with Crippen LogP contribution in [0.15, 0.2) is 40.4 Å². The first kappa shape index (κ1) is 11.3. The van der Waals surface area contributed by atoms with Crippen LogP contribution in [0.5, 0.6) is 0 Å². The van der Waals surface area contributed by atoms with Crippen molar-refractivity contribution < 1.29 is 0 Å². The van der Waals surface area contributed by atoms with Crippen LogP contribution in [0.4, 0.5) is 5.95 Å². The standard InChI is InChI=1S/C10H8ClN5O/c11-8-3-1-7(2-4-8)5-12-15-10-14-9(17)6-13-16-10/h1-6H,(H2,14,15,16,17)/b12-5-. The maximum atomic E-state index is 10.9. The highest BCUT2D eigenvalue weighted by Crippen LogP contribution is 2.07. The van der Waals surface area contributed by atoms with E-state index < -0.39 is 0 Å². The van der Waals surface area contributed by atoms with Gasteiger partial charge in [-0.15, -0.1) is 10.2 Å². The number of hydrogen-bond donors (Lipinski definition) is 2. The van der Waals surface area contributed by atoms with Crippen LogP contribution in [-0.4, -0.2) is 21.4 Å².